The number of rotatable bonds is 6. The van der Waals surface area contributed by atoms with Crippen LogP contribution in [0.3, 0.4) is 0 Å². The van der Waals surface area contributed by atoms with Gasteiger partial charge in [-0.1, -0.05) is 5.16 Å². The maximum Gasteiger partial charge on any atom is 0.433 e. The van der Waals surface area contributed by atoms with Crippen molar-refractivity contribution in [2.75, 3.05) is 26.0 Å². The van der Waals surface area contributed by atoms with Crippen LogP contribution in [0.15, 0.2) is 4.52 Å². The third kappa shape index (κ3) is 3.96. The molecule has 13 heteroatoms. The van der Waals surface area contributed by atoms with E-state index in [9.17, 15) is 18.3 Å². The number of H-pyrrole nitrogens is 1. The molecule has 35 heavy (non-hydrogen) atoms. The van der Waals surface area contributed by atoms with Crippen molar-refractivity contribution in [3.05, 3.63) is 28.4 Å². The van der Waals surface area contributed by atoms with Crippen LogP contribution in [0.25, 0.3) is 22.9 Å². The molecule has 0 aliphatic rings. The molecule has 0 amide bonds. The van der Waals surface area contributed by atoms with Gasteiger partial charge in [0.25, 0.3) is 0 Å². The van der Waals surface area contributed by atoms with Crippen molar-refractivity contribution in [1.29, 1.82) is 0 Å². The summed E-state index contributed by atoms with van der Waals surface area (Å²) < 4.78 is 62.5. The lowest BCUT2D eigenvalue weighted by molar-refractivity contribution is -0.328. The largest absolute Gasteiger partial charge is 0.433 e. The van der Waals surface area contributed by atoms with Gasteiger partial charge in [-0.15, -0.1) is 0 Å². The van der Waals surface area contributed by atoms with Gasteiger partial charge >= 0.3 is 6.18 Å². The second-order valence-corrected chi connectivity index (χ2v) is 9.24. The van der Waals surface area contributed by atoms with Crippen LogP contribution < -0.4 is 4.90 Å². The van der Waals surface area contributed by atoms with Gasteiger partial charge in [0, 0.05) is 18.2 Å². The molecule has 0 radical (unpaired) electrons. The highest BCUT2D eigenvalue weighted by molar-refractivity contribution is 5.71. The molecule has 3 rings (SSSR count). The molecule has 0 saturated carbocycles. The molecule has 0 saturated heterocycles. The zero-order valence-electron chi connectivity index (χ0n) is 21.1. The van der Waals surface area contributed by atoms with Gasteiger partial charge in [-0.25, -0.2) is 14.4 Å². The van der Waals surface area contributed by atoms with Crippen LogP contribution in [0.4, 0.5) is 23.4 Å². The summed E-state index contributed by atoms with van der Waals surface area (Å²) in [5.41, 5.74) is -2.77. The quantitative estimate of drug-likeness (QED) is 0.388. The third-order valence-electron chi connectivity index (χ3n) is 6.67. The van der Waals surface area contributed by atoms with Crippen LogP contribution in [0, 0.1) is 33.5 Å². The molecule has 0 aliphatic carbocycles. The SMILES string of the molecule is Cc1nc(-c2[nH]nc(-c3noc(C)c3C)c2C)nc(N(C)C(C)(C)[C@@](O)(N(C)C)C(F)(F)F)c1F. The summed E-state index contributed by atoms with van der Waals surface area (Å²) in [5.74, 6) is -0.669. The fourth-order valence-electron chi connectivity index (χ4n) is 4.01. The van der Waals surface area contributed by atoms with E-state index in [0.717, 1.165) is 38.4 Å². The summed E-state index contributed by atoms with van der Waals surface area (Å²) in [6.07, 6.45) is -5.06. The molecular formula is C22H29F4N7O2. The zero-order chi connectivity index (χ0) is 26.7. The van der Waals surface area contributed by atoms with E-state index in [4.69, 9.17) is 4.52 Å². The number of aromatic nitrogens is 5. The highest BCUT2D eigenvalue weighted by Gasteiger charge is 2.66. The molecule has 3 heterocycles. The Balaban J connectivity index is 2.15. The van der Waals surface area contributed by atoms with Crippen molar-refractivity contribution in [3.63, 3.8) is 0 Å². The number of nitrogens with zero attached hydrogens (tertiary/aromatic N) is 6. The van der Waals surface area contributed by atoms with Gasteiger partial charge in [0.2, 0.25) is 5.72 Å². The second-order valence-electron chi connectivity index (χ2n) is 9.24. The summed E-state index contributed by atoms with van der Waals surface area (Å²) in [5, 5.41) is 21.9. The van der Waals surface area contributed by atoms with Crippen molar-refractivity contribution in [2.24, 2.45) is 0 Å². The molecule has 3 aromatic rings. The number of nitrogens with one attached hydrogen (secondary N) is 1. The Kier molecular flexibility index (Phi) is 6.49. The Labute approximate surface area is 200 Å². The smallest absolute Gasteiger partial charge is 0.366 e. The number of aryl methyl sites for hydroxylation is 2. The highest BCUT2D eigenvalue weighted by Crippen LogP contribution is 2.44. The van der Waals surface area contributed by atoms with E-state index < -0.39 is 29.1 Å². The molecule has 9 nitrogen and oxygen atoms in total. The highest BCUT2D eigenvalue weighted by atomic mass is 19.4. The molecule has 1 atom stereocenters. The number of aromatic amines is 1. The van der Waals surface area contributed by atoms with E-state index >= 15 is 4.39 Å². The Morgan fingerprint density at radius 1 is 0.943 bits per heavy atom. The van der Waals surface area contributed by atoms with Crippen molar-refractivity contribution in [1.82, 2.24) is 30.2 Å². The number of hydrogen-bond acceptors (Lipinski definition) is 8. The second kappa shape index (κ2) is 8.55. The van der Waals surface area contributed by atoms with E-state index in [1.165, 1.54) is 14.0 Å². The minimum absolute atomic E-state index is 0.0241. The van der Waals surface area contributed by atoms with Crippen molar-refractivity contribution >= 4 is 5.82 Å². The van der Waals surface area contributed by atoms with E-state index in [2.05, 4.69) is 25.3 Å². The van der Waals surface area contributed by atoms with Crippen molar-refractivity contribution < 1.29 is 27.2 Å². The summed E-state index contributed by atoms with van der Waals surface area (Å²) in [6, 6.07) is 0. The molecule has 0 unspecified atom stereocenters. The number of likely N-dealkylation sites (N-methyl/N-ethyl adjacent to an activating group) is 2. The minimum atomic E-state index is -5.06. The van der Waals surface area contributed by atoms with Crippen LogP contribution in [0.1, 0.15) is 36.4 Å². The lowest BCUT2D eigenvalue weighted by Crippen LogP contribution is -2.73. The van der Waals surface area contributed by atoms with Crippen LogP contribution in [0.2, 0.25) is 0 Å². The Morgan fingerprint density at radius 3 is 2.03 bits per heavy atom. The molecule has 3 aromatic heterocycles. The van der Waals surface area contributed by atoms with Crippen LogP contribution in [-0.2, 0) is 0 Å². The minimum Gasteiger partial charge on any atom is -0.366 e. The number of hydrogen-bond donors (Lipinski definition) is 2. The molecular weight excluding hydrogens is 470 g/mol. The predicted molar refractivity (Wildman–Crippen MR) is 121 cm³/mol. The Bertz CT molecular complexity index is 1250. The molecule has 192 valence electrons. The zero-order valence-corrected chi connectivity index (χ0v) is 21.1. The molecule has 0 bridgehead atoms. The Hall–Kier alpha value is -3.06. The fraction of sp³-hybridized carbons (Fsp3) is 0.545. The molecule has 0 spiro atoms. The number of anilines is 1. The Morgan fingerprint density at radius 2 is 1.54 bits per heavy atom. The maximum atomic E-state index is 15.2. The van der Waals surface area contributed by atoms with Gasteiger partial charge in [0.15, 0.2) is 17.5 Å². The first-order valence-corrected chi connectivity index (χ1v) is 10.7. The molecule has 2 N–H and O–H groups in total. The standard InChI is InChI=1S/C22H29F4N7O2/c1-10-13(4)35-31-16(10)15-11(2)17(30-29-15)18-27-12(3)14(23)19(28-18)33(9)20(5,6)21(34,32(7)8)22(24,25)26/h34H,1-9H3,(H,29,30)/t21-/m0/s1. The molecule has 0 aliphatic heterocycles. The van der Waals surface area contributed by atoms with Crippen LogP contribution in [-0.4, -0.2) is 73.9 Å². The summed E-state index contributed by atoms with van der Waals surface area (Å²) in [7, 11) is 3.43. The third-order valence-corrected chi connectivity index (χ3v) is 6.67. The van der Waals surface area contributed by atoms with Gasteiger partial charge in [-0.3, -0.25) is 10.00 Å². The first-order valence-electron chi connectivity index (χ1n) is 10.7. The summed E-state index contributed by atoms with van der Waals surface area (Å²) in [4.78, 5) is 10.0. The summed E-state index contributed by atoms with van der Waals surface area (Å²) >= 11 is 0. The van der Waals surface area contributed by atoms with E-state index in [-0.39, 0.29) is 11.5 Å². The van der Waals surface area contributed by atoms with Gasteiger partial charge in [-0.05, 0) is 55.6 Å². The molecule has 0 fully saturated rings. The van der Waals surface area contributed by atoms with E-state index in [1.54, 1.807) is 13.8 Å². The first-order chi connectivity index (χ1) is 16.0. The van der Waals surface area contributed by atoms with Crippen molar-refractivity contribution in [3.8, 4) is 22.9 Å². The van der Waals surface area contributed by atoms with Gasteiger partial charge in [0.1, 0.15) is 22.8 Å². The first kappa shape index (κ1) is 26.5. The van der Waals surface area contributed by atoms with E-state index in [1.807, 2.05) is 6.92 Å². The lowest BCUT2D eigenvalue weighted by Gasteiger charge is -2.51. The lowest BCUT2D eigenvalue weighted by atomic mass is 9.86. The fourth-order valence-corrected chi connectivity index (χ4v) is 4.01. The van der Waals surface area contributed by atoms with Crippen LogP contribution >= 0.6 is 0 Å². The van der Waals surface area contributed by atoms with Crippen LogP contribution in [0.5, 0.6) is 0 Å². The van der Waals surface area contributed by atoms with E-state index in [0.29, 0.717) is 33.3 Å². The number of halogens is 4. The van der Waals surface area contributed by atoms with Gasteiger partial charge in [0.05, 0.1) is 11.2 Å². The number of alkyl halides is 3. The predicted octanol–water partition coefficient (Wildman–Crippen LogP) is 3.92. The molecule has 0 aromatic carbocycles. The normalized spacial score (nSPS) is 14.5. The topological polar surface area (TPSA) is 107 Å². The number of aliphatic hydroxyl groups is 1. The van der Waals surface area contributed by atoms with Gasteiger partial charge in [-0.2, -0.15) is 18.3 Å². The van der Waals surface area contributed by atoms with Crippen molar-refractivity contribution in [2.45, 2.75) is 59.0 Å². The average Bonchev–Trinajstić information content (AvgIpc) is 3.29. The van der Waals surface area contributed by atoms with Gasteiger partial charge < -0.3 is 14.5 Å². The average molecular weight is 500 g/mol. The monoisotopic (exact) mass is 499 g/mol. The maximum absolute atomic E-state index is 15.2. The summed E-state index contributed by atoms with van der Waals surface area (Å²) in [6.45, 7) is 9.03.